The van der Waals surface area contributed by atoms with Crippen LogP contribution in [0.1, 0.15) is 73.4 Å². The van der Waals surface area contributed by atoms with Gasteiger partial charge in [0.15, 0.2) is 0 Å². The summed E-state index contributed by atoms with van der Waals surface area (Å²) < 4.78 is 0. The van der Waals surface area contributed by atoms with E-state index in [-0.39, 0.29) is 0 Å². The second kappa shape index (κ2) is 4.69. The Morgan fingerprint density at radius 2 is 2.06 bits per heavy atom. The van der Waals surface area contributed by atoms with Crippen molar-refractivity contribution in [2.45, 2.75) is 70.4 Å². The number of thiazole rings is 1. The van der Waals surface area contributed by atoms with Gasteiger partial charge in [-0.3, -0.25) is 0 Å². The van der Waals surface area contributed by atoms with Gasteiger partial charge in [-0.05, 0) is 31.6 Å². The number of rotatable bonds is 5. The molecule has 2 aliphatic carbocycles. The lowest BCUT2D eigenvalue weighted by Crippen LogP contribution is -2.15. The second-order valence-electron chi connectivity index (χ2n) is 5.80. The van der Waals surface area contributed by atoms with Gasteiger partial charge >= 0.3 is 0 Å². The standard InChI is InChI=1S/C14H22N2S/c1-9(2)13-12(8-15-11-6-7-11)17-14(16-13)10-4-3-5-10/h9-11,15H,3-8H2,1-2H3. The highest BCUT2D eigenvalue weighted by atomic mass is 32.1. The van der Waals surface area contributed by atoms with E-state index in [2.05, 4.69) is 19.2 Å². The highest BCUT2D eigenvalue weighted by Crippen LogP contribution is 2.40. The predicted molar refractivity (Wildman–Crippen MR) is 72.7 cm³/mol. The Hall–Kier alpha value is -0.410. The normalized spacial score (nSPS) is 20.9. The van der Waals surface area contributed by atoms with Gasteiger partial charge in [-0.15, -0.1) is 11.3 Å². The fourth-order valence-electron chi connectivity index (χ4n) is 2.31. The number of hydrogen-bond donors (Lipinski definition) is 1. The molecule has 0 aliphatic heterocycles. The summed E-state index contributed by atoms with van der Waals surface area (Å²) in [6.07, 6.45) is 6.86. The Morgan fingerprint density at radius 1 is 1.29 bits per heavy atom. The van der Waals surface area contributed by atoms with Crippen LogP contribution in [0.2, 0.25) is 0 Å². The van der Waals surface area contributed by atoms with Crippen molar-refractivity contribution >= 4 is 11.3 Å². The average Bonchev–Trinajstić information content (AvgIpc) is 2.94. The minimum atomic E-state index is 0.566. The van der Waals surface area contributed by atoms with Gasteiger partial charge in [-0.25, -0.2) is 4.98 Å². The van der Waals surface area contributed by atoms with Crippen molar-refractivity contribution in [3.63, 3.8) is 0 Å². The first-order valence-electron chi connectivity index (χ1n) is 6.97. The van der Waals surface area contributed by atoms with Crippen molar-refractivity contribution in [3.05, 3.63) is 15.6 Å². The molecule has 3 rings (SSSR count). The maximum Gasteiger partial charge on any atom is 0.0962 e. The van der Waals surface area contributed by atoms with Gasteiger partial charge < -0.3 is 5.32 Å². The Balaban J connectivity index is 1.74. The van der Waals surface area contributed by atoms with Crippen LogP contribution in [0.15, 0.2) is 0 Å². The summed E-state index contributed by atoms with van der Waals surface area (Å²) in [5, 5.41) is 5.04. The first kappa shape index (κ1) is 11.7. The van der Waals surface area contributed by atoms with Crippen LogP contribution in [-0.4, -0.2) is 11.0 Å². The third kappa shape index (κ3) is 2.55. The van der Waals surface area contributed by atoms with E-state index >= 15 is 0 Å². The topological polar surface area (TPSA) is 24.9 Å². The second-order valence-corrected chi connectivity index (χ2v) is 6.91. The monoisotopic (exact) mass is 250 g/mol. The summed E-state index contributed by atoms with van der Waals surface area (Å²) in [5.74, 6) is 1.35. The predicted octanol–water partition coefficient (Wildman–Crippen LogP) is 3.79. The molecule has 0 aromatic carbocycles. The molecule has 17 heavy (non-hydrogen) atoms. The zero-order valence-electron chi connectivity index (χ0n) is 10.8. The van der Waals surface area contributed by atoms with Crippen molar-refractivity contribution in [1.29, 1.82) is 0 Å². The molecular formula is C14H22N2S. The van der Waals surface area contributed by atoms with E-state index in [1.807, 2.05) is 11.3 Å². The Kier molecular flexibility index (Phi) is 3.22. The lowest BCUT2D eigenvalue weighted by Gasteiger charge is -2.22. The molecule has 94 valence electrons. The quantitative estimate of drug-likeness (QED) is 0.860. The van der Waals surface area contributed by atoms with E-state index in [1.54, 1.807) is 0 Å². The van der Waals surface area contributed by atoms with Crippen LogP contribution >= 0.6 is 11.3 Å². The van der Waals surface area contributed by atoms with Crippen LogP contribution in [0, 0.1) is 0 Å². The van der Waals surface area contributed by atoms with Gasteiger partial charge in [0.05, 0.1) is 10.7 Å². The van der Waals surface area contributed by atoms with Crippen molar-refractivity contribution in [2.75, 3.05) is 0 Å². The largest absolute Gasteiger partial charge is 0.309 e. The molecule has 1 N–H and O–H groups in total. The highest BCUT2D eigenvalue weighted by molar-refractivity contribution is 7.11. The lowest BCUT2D eigenvalue weighted by atomic mass is 9.86. The van der Waals surface area contributed by atoms with E-state index in [4.69, 9.17) is 4.98 Å². The average molecular weight is 250 g/mol. The molecule has 2 aliphatic rings. The van der Waals surface area contributed by atoms with Crippen LogP contribution in [0.4, 0.5) is 0 Å². The summed E-state index contributed by atoms with van der Waals surface area (Å²) in [4.78, 5) is 6.40. The zero-order valence-corrected chi connectivity index (χ0v) is 11.6. The van der Waals surface area contributed by atoms with Gasteiger partial charge in [0.1, 0.15) is 0 Å². The van der Waals surface area contributed by atoms with Crippen LogP contribution in [-0.2, 0) is 6.54 Å². The van der Waals surface area contributed by atoms with Gasteiger partial charge in [-0.1, -0.05) is 20.3 Å². The number of aromatic nitrogens is 1. The number of hydrogen-bond acceptors (Lipinski definition) is 3. The van der Waals surface area contributed by atoms with Crippen molar-refractivity contribution in [1.82, 2.24) is 10.3 Å². The van der Waals surface area contributed by atoms with Crippen molar-refractivity contribution in [2.24, 2.45) is 0 Å². The fourth-order valence-corrected chi connectivity index (χ4v) is 3.65. The SMILES string of the molecule is CC(C)c1nc(C2CCC2)sc1CNC1CC1. The molecule has 1 heterocycles. The van der Waals surface area contributed by atoms with Gasteiger partial charge in [0, 0.05) is 23.4 Å². The molecule has 1 aromatic rings. The number of nitrogens with one attached hydrogen (secondary N) is 1. The summed E-state index contributed by atoms with van der Waals surface area (Å²) in [5.41, 5.74) is 1.35. The molecule has 0 bridgehead atoms. The third-order valence-corrected chi connectivity index (χ3v) is 5.11. The van der Waals surface area contributed by atoms with Crippen molar-refractivity contribution < 1.29 is 0 Å². The van der Waals surface area contributed by atoms with Crippen LogP contribution < -0.4 is 5.32 Å². The molecule has 0 radical (unpaired) electrons. The van der Waals surface area contributed by atoms with Gasteiger partial charge in [0.2, 0.25) is 0 Å². The minimum Gasteiger partial charge on any atom is -0.309 e. The first-order chi connectivity index (χ1) is 8.24. The lowest BCUT2D eigenvalue weighted by molar-refractivity contribution is 0.417. The first-order valence-corrected chi connectivity index (χ1v) is 7.78. The molecule has 0 amide bonds. The zero-order chi connectivity index (χ0) is 11.8. The fraction of sp³-hybridized carbons (Fsp3) is 0.786. The molecule has 0 spiro atoms. The highest BCUT2D eigenvalue weighted by Gasteiger charge is 2.26. The van der Waals surface area contributed by atoms with Crippen LogP contribution in [0.3, 0.4) is 0 Å². The molecule has 2 nitrogen and oxygen atoms in total. The number of nitrogens with zero attached hydrogens (tertiary/aromatic N) is 1. The third-order valence-electron chi connectivity index (χ3n) is 3.87. The van der Waals surface area contributed by atoms with Crippen molar-refractivity contribution in [3.8, 4) is 0 Å². The maximum absolute atomic E-state index is 4.91. The molecule has 2 saturated carbocycles. The van der Waals surface area contributed by atoms with E-state index in [0.717, 1.165) is 18.5 Å². The molecule has 2 fully saturated rings. The summed E-state index contributed by atoms with van der Waals surface area (Å²) >= 11 is 1.97. The summed E-state index contributed by atoms with van der Waals surface area (Å²) in [6, 6.07) is 0.796. The van der Waals surface area contributed by atoms with E-state index in [9.17, 15) is 0 Å². The van der Waals surface area contributed by atoms with Gasteiger partial charge in [-0.2, -0.15) is 0 Å². The van der Waals surface area contributed by atoms with Crippen LogP contribution in [0.5, 0.6) is 0 Å². The van der Waals surface area contributed by atoms with E-state index in [1.165, 1.54) is 47.7 Å². The molecule has 3 heteroatoms. The Bertz CT molecular complexity index is 389. The summed E-state index contributed by atoms with van der Waals surface area (Å²) in [7, 11) is 0. The van der Waals surface area contributed by atoms with Crippen LogP contribution in [0.25, 0.3) is 0 Å². The Labute approximate surface area is 108 Å². The minimum absolute atomic E-state index is 0.566. The maximum atomic E-state index is 4.91. The van der Waals surface area contributed by atoms with E-state index in [0.29, 0.717) is 5.92 Å². The molecule has 0 atom stereocenters. The summed E-state index contributed by atoms with van der Waals surface area (Å²) in [6.45, 7) is 5.57. The Morgan fingerprint density at radius 3 is 2.59 bits per heavy atom. The smallest absolute Gasteiger partial charge is 0.0962 e. The molecule has 0 unspecified atom stereocenters. The van der Waals surface area contributed by atoms with E-state index < -0.39 is 0 Å². The molecule has 0 saturated heterocycles. The molecular weight excluding hydrogens is 228 g/mol. The van der Waals surface area contributed by atoms with Gasteiger partial charge in [0.25, 0.3) is 0 Å². The molecule has 1 aromatic heterocycles.